The van der Waals surface area contributed by atoms with Crippen molar-refractivity contribution in [1.29, 1.82) is 0 Å². The number of ether oxygens (including phenoxy) is 1. The first-order valence-corrected chi connectivity index (χ1v) is 8.79. The Morgan fingerprint density at radius 3 is 2.58 bits per heavy atom. The van der Waals surface area contributed by atoms with Crippen molar-refractivity contribution >= 4 is 23.6 Å². The Labute approximate surface area is 146 Å². The van der Waals surface area contributed by atoms with Gasteiger partial charge in [-0.1, -0.05) is 60.7 Å². The molecular weight excluding hydrogens is 316 g/mol. The second kappa shape index (κ2) is 8.37. The summed E-state index contributed by atoms with van der Waals surface area (Å²) >= 11 is 1.57. The Kier molecular flexibility index (Phi) is 5.70. The summed E-state index contributed by atoms with van der Waals surface area (Å²) in [5.74, 6) is 1.73. The first kappa shape index (κ1) is 16.3. The molecule has 0 fully saturated rings. The lowest BCUT2D eigenvalue weighted by Gasteiger charge is -2.06. The van der Waals surface area contributed by atoms with Crippen LogP contribution < -0.4 is 4.74 Å². The molecule has 0 saturated carbocycles. The van der Waals surface area contributed by atoms with Gasteiger partial charge in [-0.05, 0) is 35.4 Å². The van der Waals surface area contributed by atoms with Crippen LogP contribution in [0.25, 0.3) is 6.08 Å². The van der Waals surface area contributed by atoms with Crippen LogP contribution in [0.4, 0.5) is 0 Å². The lowest BCUT2D eigenvalue weighted by Crippen LogP contribution is -1.97. The molecule has 0 unspecified atom stereocenters. The Morgan fingerprint density at radius 1 is 1.08 bits per heavy atom. The van der Waals surface area contributed by atoms with E-state index in [1.165, 1.54) is 0 Å². The van der Waals surface area contributed by atoms with E-state index >= 15 is 0 Å². The minimum Gasteiger partial charge on any atom is -0.489 e. The lowest BCUT2D eigenvalue weighted by atomic mass is 10.2. The molecule has 2 aromatic rings. The SMILES string of the molecule is O=C(/C=C/c1ccc(OCc2ccccc2)cc1)C1=CC=CCS1. The van der Waals surface area contributed by atoms with Crippen molar-refractivity contribution in [1.82, 2.24) is 0 Å². The predicted molar refractivity (Wildman–Crippen MR) is 101 cm³/mol. The molecular formula is C21H18O2S. The van der Waals surface area contributed by atoms with Gasteiger partial charge in [-0.3, -0.25) is 4.79 Å². The maximum absolute atomic E-state index is 12.1. The second-order valence-corrected chi connectivity index (χ2v) is 6.37. The third kappa shape index (κ3) is 4.74. The molecule has 1 heterocycles. The van der Waals surface area contributed by atoms with E-state index in [4.69, 9.17) is 4.74 Å². The lowest BCUT2D eigenvalue weighted by molar-refractivity contribution is -0.110. The third-order valence-corrected chi connectivity index (χ3v) is 4.52. The van der Waals surface area contributed by atoms with E-state index in [2.05, 4.69) is 0 Å². The summed E-state index contributed by atoms with van der Waals surface area (Å²) in [5, 5.41) is 0. The number of carbonyl (C=O) groups excluding carboxylic acids is 1. The molecule has 1 aliphatic heterocycles. The second-order valence-electron chi connectivity index (χ2n) is 5.31. The zero-order valence-corrected chi connectivity index (χ0v) is 14.0. The Hall–Kier alpha value is -2.52. The molecule has 0 aliphatic carbocycles. The Bertz CT molecular complexity index is 771. The van der Waals surface area contributed by atoms with E-state index in [1.54, 1.807) is 17.8 Å². The van der Waals surface area contributed by atoms with Crippen LogP contribution in [0.1, 0.15) is 11.1 Å². The molecule has 2 nitrogen and oxygen atoms in total. The van der Waals surface area contributed by atoms with Crippen LogP contribution in [-0.4, -0.2) is 11.5 Å². The molecule has 2 aromatic carbocycles. The molecule has 0 amide bonds. The monoisotopic (exact) mass is 334 g/mol. The molecule has 0 N–H and O–H groups in total. The quantitative estimate of drug-likeness (QED) is 0.693. The van der Waals surface area contributed by atoms with E-state index < -0.39 is 0 Å². The van der Waals surface area contributed by atoms with Gasteiger partial charge in [0.1, 0.15) is 12.4 Å². The minimum atomic E-state index is 0.0498. The summed E-state index contributed by atoms with van der Waals surface area (Å²) in [4.78, 5) is 12.9. The smallest absolute Gasteiger partial charge is 0.192 e. The number of hydrogen-bond donors (Lipinski definition) is 0. The van der Waals surface area contributed by atoms with E-state index in [0.717, 1.165) is 27.5 Å². The number of thioether (sulfide) groups is 1. The van der Waals surface area contributed by atoms with E-state index in [-0.39, 0.29) is 5.78 Å². The normalized spacial score (nSPS) is 13.8. The summed E-state index contributed by atoms with van der Waals surface area (Å²) in [7, 11) is 0. The van der Waals surface area contributed by atoms with Crippen molar-refractivity contribution in [2.45, 2.75) is 6.61 Å². The Balaban J connectivity index is 1.56. The molecule has 3 heteroatoms. The van der Waals surface area contributed by atoms with Crippen molar-refractivity contribution in [2.75, 3.05) is 5.75 Å². The maximum Gasteiger partial charge on any atom is 0.192 e. The van der Waals surface area contributed by atoms with Gasteiger partial charge >= 0.3 is 0 Å². The van der Waals surface area contributed by atoms with E-state index in [9.17, 15) is 4.79 Å². The molecule has 0 spiro atoms. The zero-order valence-electron chi connectivity index (χ0n) is 13.2. The van der Waals surface area contributed by atoms with Gasteiger partial charge < -0.3 is 4.74 Å². The average Bonchev–Trinajstić information content (AvgIpc) is 2.67. The van der Waals surface area contributed by atoms with Crippen molar-refractivity contribution < 1.29 is 9.53 Å². The molecule has 0 radical (unpaired) electrons. The van der Waals surface area contributed by atoms with Gasteiger partial charge in [-0.25, -0.2) is 0 Å². The minimum absolute atomic E-state index is 0.0498. The van der Waals surface area contributed by atoms with Crippen LogP contribution in [-0.2, 0) is 11.4 Å². The topological polar surface area (TPSA) is 26.3 Å². The largest absolute Gasteiger partial charge is 0.489 e. The van der Waals surface area contributed by atoms with Crippen molar-refractivity contribution in [3.63, 3.8) is 0 Å². The number of carbonyl (C=O) groups is 1. The summed E-state index contributed by atoms with van der Waals surface area (Å²) in [6.45, 7) is 0.549. The van der Waals surface area contributed by atoms with Crippen LogP contribution >= 0.6 is 11.8 Å². The first-order chi connectivity index (χ1) is 11.8. The fraction of sp³-hybridized carbons (Fsp3) is 0.0952. The van der Waals surface area contributed by atoms with Gasteiger partial charge in [-0.15, -0.1) is 11.8 Å². The maximum atomic E-state index is 12.1. The van der Waals surface area contributed by atoms with Gasteiger partial charge in [0.25, 0.3) is 0 Å². The van der Waals surface area contributed by atoms with E-state index in [0.29, 0.717) is 6.61 Å². The van der Waals surface area contributed by atoms with Gasteiger partial charge in [-0.2, -0.15) is 0 Å². The average molecular weight is 334 g/mol. The number of allylic oxidation sites excluding steroid dienone is 4. The zero-order chi connectivity index (χ0) is 16.6. The van der Waals surface area contributed by atoms with Crippen molar-refractivity contribution in [3.8, 4) is 5.75 Å². The highest BCUT2D eigenvalue weighted by Gasteiger charge is 2.07. The fourth-order valence-electron chi connectivity index (χ4n) is 2.22. The van der Waals surface area contributed by atoms with E-state index in [1.807, 2.05) is 78.9 Å². The molecule has 0 saturated heterocycles. The molecule has 120 valence electrons. The van der Waals surface area contributed by atoms with Crippen LogP contribution in [0.2, 0.25) is 0 Å². The number of ketones is 1. The third-order valence-electron chi connectivity index (χ3n) is 3.52. The number of benzene rings is 2. The van der Waals surface area contributed by atoms with Gasteiger partial charge in [0.2, 0.25) is 0 Å². The molecule has 0 aromatic heterocycles. The molecule has 0 bridgehead atoms. The van der Waals surface area contributed by atoms with Gasteiger partial charge in [0.05, 0.1) is 4.91 Å². The summed E-state index contributed by atoms with van der Waals surface area (Å²) < 4.78 is 5.76. The summed E-state index contributed by atoms with van der Waals surface area (Å²) in [5.41, 5.74) is 2.12. The molecule has 3 rings (SSSR count). The highest BCUT2D eigenvalue weighted by Crippen LogP contribution is 2.21. The van der Waals surface area contributed by atoms with Crippen LogP contribution in [0.5, 0.6) is 5.75 Å². The molecule has 0 atom stereocenters. The van der Waals surface area contributed by atoms with Gasteiger partial charge in [0, 0.05) is 5.75 Å². The van der Waals surface area contributed by atoms with Crippen molar-refractivity contribution in [3.05, 3.63) is 94.9 Å². The molecule has 1 aliphatic rings. The highest BCUT2D eigenvalue weighted by molar-refractivity contribution is 8.04. The van der Waals surface area contributed by atoms with Crippen LogP contribution in [0, 0.1) is 0 Å². The number of hydrogen-bond acceptors (Lipinski definition) is 3. The van der Waals surface area contributed by atoms with Crippen LogP contribution in [0.15, 0.2) is 83.8 Å². The molecule has 24 heavy (non-hydrogen) atoms. The summed E-state index contributed by atoms with van der Waals surface area (Å²) in [6, 6.07) is 17.8. The predicted octanol–water partition coefficient (Wildman–Crippen LogP) is 5.03. The standard InChI is InChI=1S/C21H18O2S/c22-20(21-8-4-5-15-24-21)14-11-17-9-12-19(13-10-17)23-16-18-6-2-1-3-7-18/h1-14H,15-16H2/b14-11+. The van der Waals surface area contributed by atoms with Crippen LogP contribution in [0.3, 0.4) is 0 Å². The highest BCUT2D eigenvalue weighted by atomic mass is 32.2. The first-order valence-electron chi connectivity index (χ1n) is 7.80. The van der Waals surface area contributed by atoms with Crippen molar-refractivity contribution in [2.24, 2.45) is 0 Å². The Morgan fingerprint density at radius 2 is 1.88 bits per heavy atom. The number of rotatable bonds is 6. The van der Waals surface area contributed by atoms with Gasteiger partial charge in [0.15, 0.2) is 5.78 Å². The fourth-order valence-corrected chi connectivity index (χ4v) is 2.99. The summed E-state index contributed by atoms with van der Waals surface area (Å²) in [6.07, 6.45) is 9.29.